The maximum Gasteiger partial charge on any atom is 0.300 e. The number of hydrogen-bond donors (Lipinski definition) is 4. The zero-order chi connectivity index (χ0) is 10.9. The summed E-state index contributed by atoms with van der Waals surface area (Å²) in [5.41, 5.74) is 2.46. The van der Waals surface area contributed by atoms with Crippen LogP contribution in [0.4, 0.5) is 0 Å². The van der Waals surface area contributed by atoms with Crippen LogP contribution < -0.4 is 10.7 Å². The van der Waals surface area contributed by atoms with Crippen molar-refractivity contribution in [3.63, 3.8) is 0 Å². The highest BCUT2D eigenvalue weighted by atomic mass is 16.5. The van der Waals surface area contributed by atoms with E-state index in [1.54, 1.807) is 6.92 Å². The fraction of sp³-hybridized carbons (Fsp3) is 0.714. The van der Waals surface area contributed by atoms with Crippen molar-refractivity contribution in [3.05, 3.63) is 0 Å². The first-order chi connectivity index (χ1) is 6.39. The minimum absolute atomic E-state index is 0.276. The maximum atomic E-state index is 11.3. The molecule has 0 radical (unpaired) electrons. The molecule has 0 bridgehead atoms. The van der Waals surface area contributed by atoms with Gasteiger partial charge in [0.05, 0.1) is 0 Å². The van der Waals surface area contributed by atoms with Gasteiger partial charge in [-0.1, -0.05) is 0 Å². The van der Waals surface area contributed by atoms with Gasteiger partial charge in [0.2, 0.25) is 5.91 Å². The average Bonchev–Trinajstić information content (AvgIpc) is 2.28. The quantitative estimate of drug-likeness (QED) is 0.371. The molecule has 1 saturated heterocycles. The Morgan fingerprint density at radius 1 is 1.71 bits per heavy atom. The van der Waals surface area contributed by atoms with E-state index >= 15 is 0 Å². The van der Waals surface area contributed by atoms with Gasteiger partial charge in [0.25, 0.3) is 11.7 Å². The molecule has 0 saturated carbocycles. The molecule has 0 aliphatic carbocycles. The summed E-state index contributed by atoms with van der Waals surface area (Å²) in [5.74, 6) is -3.92. The monoisotopic (exact) mass is 203 g/mol. The Kier molecular flexibility index (Phi) is 2.74. The number of carbonyl (C=O) groups excluding carboxylic acids is 2. The minimum atomic E-state index is -2.58. The highest BCUT2D eigenvalue weighted by Crippen LogP contribution is 2.15. The van der Waals surface area contributed by atoms with Crippen LogP contribution in [-0.4, -0.2) is 45.5 Å². The van der Waals surface area contributed by atoms with Gasteiger partial charge in [0, 0.05) is 13.5 Å². The Morgan fingerprint density at radius 3 is 2.64 bits per heavy atom. The Balaban J connectivity index is 2.79. The van der Waals surface area contributed by atoms with E-state index in [4.69, 9.17) is 0 Å². The van der Waals surface area contributed by atoms with Gasteiger partial charge >= 0.3 is 0 Å². The molecule has 0 spiro atoms. The van der Waals surface area contributed by atoms with Gasteiger partial charge < -0.3 is 15.5 Å². The standard InChI is InChI=1S/C7H13N3O4/c1-3-10-6(12)7(13,14)5(9-10)8-4(2)11/h5,9,13-14H,3H2,1-2H3,(H,8,11). The number of carbonyl (C=O) groups is 2. The van der Waals surface area contributed by atoms with Crippen LogP contribution in [-0.2, 0) is 9.59 Å². The van der Waals surface area contributed by atoms with Gasteiger partial charge in [-0.2, -0.15) is 0 Å². The van der Waals surface area contributed by atoms with Crippen LogP contribution in [0.1, 0.15) is 13.8 Å². The van der Waals surface area contributed by atoms with Crippen LogP contribution in [0.2, 0.25) is 0 Å². The molecule has 1 rings (SSSR count). The molecule has 0 aromatic heterocycles. The first kappa shape index (κ1) is 10.9. The summed E-state index contributed by atoms with van der Waals surface area (Å²) in [7, 11) is 0. The molecule has 1 aliphatic heterocycles. The summed E-state index contributed by atoms with van der Waals surface area (Å²) >= 11 is 0. The Labute approximate surface area is 80.7 Å². The van der Waals surface area contributed by atoms with Crippen molar-refractivity contribution in [2.75, 3.05) is 6.54 Å². The number of likely N-dealkylation sites (N-methyl/N-ethyl adjacent to an activating group) is 1. The van der Waals surface area contributed by atoms with Gasteiger partial charge in [-0.25, -0.2) is 5.43 Å². The van der Waals surface area contributed by atoms with Crippen molar-refractivity contribution >= 4 is 11.8 Å². The van der Waals surface area contributed by atoms with Crippen molar-refractivity contribution in [2.24, 2.45) is 0 Å². The lowest BCUT2D eigenvalue weighted by molar-refractivity contribution is -0.188. The molecule has 1 atom stereocenters. The maximum absolute atomic E-state index is 11.3. The molecule has 1 unspecified atom stereocenters. The van der Waals surface area contributed by atoms with Gasteiger partial charge in [-0.3, -0.25) is 14.6 Å². The largest absolute Gasteiger partial charge is 0.355 e. The molecule has 80 valence electrons. The smallest absolute Gasteiger partial charge is 0.300 e. The summed E-state index contributed by atoms with van der Waals surface area (Å²) in [5, 5.41) is 22.0. The summed E-state index contributed by atoms with van der Waals surface area (Å²) in [6.45, 7) is 3.16. The van der Waals surface area contributed by atoms with Crippen LogP contribution in [0, 0.1) is 0 Å². The third kappa shape index (κ3) is 1.69. The van der Waals surface area contributed by atoms with Gasteiger partial charge in [-0.05, 0) is 6.92 Å². The Hall–Kier alpha value is -1.18. The van der Waals surface area contributed by atoms with Crippen LogP contribution in [0.25, 0.3) is 0 Å². The van der Waals surface area contributed by atoms with E-state index in [9.17, 15) is 19.8 Å². The molecule has 1 aliphatic rings. The highest BCUT2D eigenvalue weighted by molar-refractivity contribution is 5.87. The normalized spacial score (nSPS) is 25.3. The van der Waals surface area contributed by atoms with Crippen LogP contribution >= 0.6 is 0 Å². The number of rotatable bonds is 2. The number of amides is 2. The molecule has 0 aromatic rings. The second-order valence-corrected chi connectivity index (χ2v) is 3.04. The zero-order valence-electron chi connectivity index (χ0n) is 7.94. The summed E-state index contributed by atoms with van der Waals surface area (Å²) in [6.07, 6.45) is -1.20. The minimum Gasteiger partial charge on any atom is -0.355 e. The zero-order valence-corrected chi connectivity index (χ0v) is 7.94. The number of aliphatic hydroxyl groups is 2. The molecule has 14 heavy (non-hydrogen) atoms. The number of nitrogens with zero attached hydrogens (tertiary/aromatic N) is 1. The average molecular weight is 203 g/mol. The second-order valence-electron chi connectivity index (χ2n) is 3.04. The summed E-state index contributed by atoms with van der Waals surface area (Å²) in [4.78, 5) is 21.9. The van der Waals surface area contributed by atoms with E-state index in [0.29, 0.717) is 0 Å². The van der Waals surface area contributed by atoms with E-state index < -0.39 is 23.8 Å². The first-order valence-corrected chi connectivity index (χ1v) is 4.19. The van der Waals surface area contributed by atoms with E-state index in [-0.39, 0.29) is 6.54 Å². The lowest BCUT2D eigenvalue weighted by Crippen LogP contribution is -2.56. The molecule has 1 heterocycles. The SMILES string of the molecule is CCN1NC(NC(C)=O)C(O)(O)C1=O. The van der Waals surface area contributed by atoms with E-state index in [0.717, 1.165) is 5.01 Å². The molecular formula is C7H13N3O4. The predicted octanol–water partition coefficient (Wildman–Crippen LogP) is -2.50. The predicted molar refractivity (Wildman–Crippen MR) is 45.3 cm³/mol. The fourth-order valence-corrected chi connectivity index (χ4v) is 1.20. The Bertz CT molecular complexity index is 266. The third-order valence-corrected chi connectivity index (χ3v) is 1.91. The highest BCUT2D eigenvalue weighted by Gasteiger charge is 2.52. The van der Waals surface area contributed by atoms with E-state index in [2.05, 4.69) is 10.7 Å². The van der Waals surface area contributed by atoms with Gasteiger partial charge in [-0.15, -0.1) is 0 Å². The molecule has 7 heteroatoms. The van der Waals surface area contributed by atoms with Gasteiger partial charge in [0.1, 0.15) is 0 Å². The Morgan fingerprint density at radius 2 is 2.29 bits per heavy atom. The summed E-state index contributed by atoms with van der Waals surface area (Å²) in [6, 6.07) is 0. The lowest BCUT2D eigenvalue weighted by atomic mass is 10.2. The van der Waals surface area contributed by atoms with E-state index in [1.807, 2.05) is 0 Å². The van der Waals surface area contributed by atoms with Crippen LogP contribution in [0.15, 0.2) is 0 Å². The van der Waals surface area contributed by atoms with Crippen molar-refractivity contribution in [1.82, 2.24) is 15.8 Å². The topological polar surface area (TPSA) is 102 Å². The molecule has 2 amide bonds. The van der Waals surface area contributed by atoms with Crippen molar-refractivity contribution in [1.29, 1.82) is 0 Å². The van der Waals surface area contributed by atoms with Crippen molar-refractivity contribution < 1.29 is 19.8 Å². The first-order valence-electron chi connectivity index (χ1n) is 4.19. The van der Waals surface area contributed by atoms with E-state index in [1.165, 1.54) is 6.92 Å². The second kappa shape index (κ2) is 3.52. The van der Waals surface area contributed by atoms with Crippen molar-refractivity contribution in [2.45, 2.75) is 25.8 Å². The molecular weight excluding hydrogens is 190 g/mol. The third-order valence-electron chi connectivity index (χ3n) is 1.91. The number of nitrogens with one attached hydrogen (secondary N) is 2. The lowest BCUT2D eigenvalue weighted by Gasteiger charge is -2.19. The fourth-order valence-electron chi connectivity index (χ4n) is 1.20. The van der Waals surface area contributed by atoms with Crippen LogP contribution in [0.5, 0.6) is 0 Å². The van der Waals surface area contributed by atoms with Gasteiger partial charge in [0.15, 0.2) is 6.17 Å². The molecule has 1 fully saturated rings. The van der Waals surface area contributed by atoms with Crippen molar-refractivity contribution in [3.8, 4) is 0 Å². The number of hydrazine groups is 1. The number of hydrogen-bond acceptors (Lipinski definition) is 5. The summed E-state index contributed by atoms with van der Waals surface area (Å²) < 4.78 is 0. The molecule has 0 aromatic carbocycles. The van der Waals surface area contributed by atoms with Crippen LogP contribution in [0.3, 0.4) is 0 Å². The molecule has 7 nitrogen and oxygen atoms in total. The molecule has 4 N–H and O–H groups in total.